The van der Waals surface area contributed by atoms with Crippen molar-refractivity contribution in [3.8, 4) is 0 Å². The van der Waals surface area contributed by atoms with Crippen molar-refractivity contribution in [2.45, 2.75) is 37.0 Å². The minimum absolute atomic E-state index is 0.0268. The largest absolute Gasteiger partial charge is 0.223 e. The van der Waals surface area contributed by atoms with E-state index in [4.69, 9.17) is 0 Å². The fourth-order valence-corrected chi connectivity index (χ4v) is 5.09. The molecule has 0 N–H and O–H groups in total. The average Bonchev–Trinajstić information content (AvgIpc) is 2.60. The van der Waals surface area contributed by atoms with Crippen molar-refractivity contribution >= 4 is 21.6 Å². The Balaban J connectivity index is 2.34. The van der Waals surface area contributed by atoms with Crippen LogP contribution in [0.1, 0.15) is 27.2 Å². The number of hydrogen-bond acceptors (Lipinski definition) is 3. The van der Waals surface area contributed by atoms with Gasteiger partial charge >= 0.3 is 0 Å². The van der Waals surface area contributed by atoms with Crippen LogP contribution in [0.25, 0.3) is 0 Å². The third-order valence-electron chi connectivity index (χ3n) is 3.70. The van der Waals surface area contributed by atoms with E-state index in [0.29, 0.717) is 4.90 Å². The van der Waals surface area contributed by atoms with E-state index in [1.165, 1.54) is 5.57 Å². The summed E-state index contributed by atoms with van der Waals surface area (Å²) in [5.41, 5.74) is 2.32. The molecule has 0 aliphatic carbocycles. The molecule has 2 rings (SSSR count). The van der Waals surface area contributed by atoms with Gasteiger partial charge in [-0.25, -0.2) is 8.42 Å². The molecule has 2 aromatic carbocycles. The highest BCUT2D eigenvalue weighted by Gasteiger charge is 2.19. The molecule has 2 aromatic rings. The molecule has 2 nitrogen and oxygen atoms in total. The number of hydrogen-bond donors (Lipinski definition) is 0. The lowest BCUT2D eigenvalue weighted by Crippen LogP contribution is -2.09. The van der Waals surface area contributed by atoms with Crippen LogP contribution in [0.4, 0.5) is 0 Å². The highest BCUT2D eigenvalue weighted by molar-refractivity contribution is 8.04. The number of benzene rings is 2. The molecule has 132 valence electrons. The number of thioether (sulfide) groups is 1. The van der Waals surface area contributed by atoms with Gasteiger partial charge in [-0.05, 0) is 51.5 Å². The van der Waals surface area contributed by atoms with Crippen LogP contribution >= 0.6 is 11.8 Å². The summed E-state index contributed by atoms with van der Waals surface area (Å²) >= 11 is 1.54. The van der Waals surface area contributed by atoms with Crippen molar-refractivity contribution in [3.63, 3.8) is 0 Å². The van der Waals surface area contributed by atoms with Gasteiger partial charge in [0.15, 0.2) is 9.84 Å². The molecule has 0 aliphatic rings. The first-order valence-electron chi connectivity index (χ1n) is 8.21. The summed E-state index contributed by atoms with van der Waals surface area (Å²) in [5, 5.41) is 0. The monoisotopic (exact) mass is 372 g/mol. The molecule has 25 heavy (non-hydrogen) atoms. The van der Waals surface area contributed by atoms with E-state index in [2.05, 4.69) is 19.9 Å². The van der Waals surface area contributed by atoms with Crippen molar-refractivity contribution in [2.75, 3.05) is 5.75 Å². The maximum absolute atomic E-state index is 12.8. The van der Waals surface area contributed by atoms with E-state index in [1.54, 1.807) is 36.0 Å². The van der Waals surface area contributed by atoms with Gasteiger partial charge in [-0.3, -0.25) is 0 Å². The maximum atomic E-state index is 12.8. The quantitative estimate of drug-likeness (QED) is 0.449. The van der Waals surface area contributed by atoms with Crippen LogP contribution in [-0.2, 0) is 9.84 Å². The first-order valence-corrected chi connectivity index (χ1v) is 10.7. The highest BCUT2D eigenvalue weighted by Crippen LogP contribution is 2.32. The van der Waals surface area contributed by atoms with Gasteiger partial charge in [0.2, 0.25) is 0 Å². The predicted molar refractivity (Wildman–Crippen MR) is 108 cm³/mol. The van der Waals surface area contributed by atoms with Gasteiger partial charge in [0.25, 0.3) is 0 Å². The zero-order chi connectivity index (χ0) is 18.3. The van der Waals surface area contributed by atoms with Crippen molar-refractivity contribution in [2.24, 2.45) is 0 Å². The summed E-state index contributed by atoms with van der Waals surface area (Å²) in [6.45, 7) is 6.13. The van der Waals surface area contributed by atoms with Gasteiger partial charge in [-0.2, -0.15) is 0 Å². The number of rotatable bonds is 7. The highest BCUT2D eigenvalue weighted by atomic mass is 32.2. The molecule has 0 aliphatic heterocycles. The summed E-state index contributed by atoms with van der Waals surface area (Å²) in [7, 11) is -3.36. The first kappa shape index (κ1) is 19.5. The lowest BCUT2D eigenvalue weighted by Gasteiger charge is -2.12. The van der Waals surface area contributed by atoms with Crippen LogP contribution in [0.5, 0.6) is 0 Å². The molecule has 4 heteroatoms. The fourth-order valence-electron chi connectivity index (χ4n) is 2.23. The molecule has 0 radical (unpaired) electrons. The van der Waals surface area contributed by atoms with Crippen LogP contribution in [0.2, 0.25) is 0 Å². The first-order chi connectivity index (χ1) is 11.9. The van der Waals surface area contributed by atoms with Crippen molar-refractivity contribution < 1.29 is 8.42 Å². The van der Waals surface area contributed by atoms with Gasteiger partial charge in [0.1, 0.15) is 0 Å². The third-order valence-corrected chi connectivity index (χ3v) is 6.79. The Kier molecular flexibility index (Phi) is 7.09. The Morgan fingerprint density at radius 3 is 2.04 bits per heavy atom. The zero-order valence-corrected chi connectivity index (χ0v) is 16.5. The standard InChI is InChI=1S/C21H24O2S2/c1-17(2)14-15-18(3)21(24-19-10-6-4-7-11-19)16-25(22,23)20-12-8-5-9-13-20/h4-14H,15-16H2,1-3H3/b21-18+. The van der Waals surface area contributed by atoms with Crippen molar-refractivity contribution in [1.82, 2.24) is 0 Å². The third kappa shape index (κ3) is 6.22. The summed E-state index contributed by atoms with van der Waals surface area (Å²) < 4.78 is 25.6. The molecule has 0 atom stereocenters. The molecule has 0 saturated heterocycles. The van der Waals surface area contributed by atoms with E-state index >= 15 is 0 Å². The lowest BCUT2D eigenvalue weighted by molar-refractivity contribution is 0.598. The SMILES string of the molecule is CC(C)=CC/C(C)=C(\CS(=O)(=O)c1ccccc1)Sc1ccccc1. The molecule has 0 heterocycles. The minimum atomic E-state index is -3.36. The second-order valence-corrected chi connectivity index (χ2v) is 9.33. The molecule has 0 spiro atoms. The summed E-state index contributed by atoms with van der Waals surface area (Å²) in [5.74, 6) is 0.0268. The maximum Gasteiger partial charge on any atom is 0.183 e. The van der Waals surface area contributed by atoms with Gasteiger partial charge in [-0.1, -0.05) is 65.4 Å². The van der Waals surface area contributed by atoms with Crippen LogP contribution in [0, 0.1) is 0 Å². The van der Waals surface area contributed by atoms with E-state index in [0.717, 1.165) is 21.8 Å². The predicted octanol–water partition coefficient (Wildman–Crippen LogP) is 5.88. The van der Waals surface area contributed by atoms with Crippen molar-refractivity contribution in [3.05, 3.63) is 82.8 Å². The van der Waals surface area contributed by atoms with Gasteiger partial charge in [-0.15, -0.1) is 0 Å². The molecule has 0 aromatic heterocycles. The normalized spacial score (nSPS) is 12.4. The minimum Gasteiger partial charge on any atom is -0.223 e. The Bertz CT molecular complexity index is 845. The van der Waals surface area contributed by atoms with Crippen LogP contribution < -0.4 is 0 Å². The fraction of sp³-hybridized carbons (Fsp3) is 0.238. The van der Waals surface area contributed by atoms with Crippen molar-refractivity contribution in [1.29, 1.82) is 0 Å². The lowest BCUT2D eigenvalue weighted by atomic mass is 10.1. The van der Waals surface area contributed by atoms with Crippen LogP contribution in [0.15, 0.2) is 92.6 Å². The van der Waals surface area contributed by atoms with Gasteiger partial charge < -0.3 is 0 Å². The van der Waals surface area contributed by atoms with E-state index in [9.17, 15) is 8.42 Å². The topological polar surface area (TPSA) is 34.1 Å². The number of sulfone groups is 1. The zero-order valence-electron chi connectivity index (χ0n) is 14.9. The second-order valence-electron chi connectivity index (χ2n) is 6.18. The molecule has 0 amide bonds. The van der Waals surface area contributed by atoms with E-state index in [-0.39, 0.29) is 5.75 Å². The smallest absolute Gasteiger partial charge is 0.183 e. The molecule has 0 fully saturated rings. The molecule has 0 saturated carbocycles. The average molecular weight is 373 g/mol. The Morgan fingerprint density at radius 2 is 1.48 bits per heavy atom. The Morgan fingerprint density at radius 1 is 0.920 bits per heavy atom. The summed E-state index contributed by atoms with van der Waals surface area (Å²) in [6.07, 6.45) is 2.90. The molecule has 0 unspecified atom stereocenters. The molecular formula is C21H24O2S2. The summed E-state index contributed by atoms with van der Waals surface area (Å²) in [4.78, 5) is 2.32. The van der Waals surface area contributed by atoms with Gasteiger partial charge in [0.05, 0.1) is 10.6 Å². The second kappa shape index (κ2) is 9.07. The van der Waals surface area contributed by atoms with Crippen LogP contribution in [-0.4, -0.2) is 14.2 Å². The summed E-state index contributed by atoms with van der Waals surface area (Å²) in [6, 6.07) is 18.6. The Hall–Kier alpha value is -1.78. The molecule has 0 bridgehead atoms. The number of allylic oxidation sites excluding steroid dienone is 3. The van der Waals surface area contributed by atoms with Crippen LogP contribution in [0.3, 0.4) is 0 Å². The van der Waals surface area contributed by atoms with E-state index in [1.807, 2.05) is 43.3 Å². The van der Waals surface area contributed by atoms with Gasteiger partial charge in [0, 0.05) is 9.80 Å². The Labute approximate surface area is 155 Å². The molecular weight excluding hydrogens is 348 g/mol. The van der Waals surface area contributed by atoms with E-state index < -0.39 is 9.84 Å².